The molecule has 0 bridgehead atoms. The Balaban J connectivity index is 1.47. The van der Waals surface area contributed by atoms with Crippen molar-refractivity contribution in [3.63, 3.8) is 0 Å². The van der Waals surface area contributed by atoms with Gasteiger partial charge >= 0.3 is 0 Å². The van der Waals surface area contributed by atoms with Gasteiger partial charge in [-0.05, 0) is 50.2 Å². The van der Waals surface area contributed by atoms with Gasteiger partial charge in [0.1, 0.15) is 5.82 Å². The van der Waals surface area contributed by atoms with Crippen LogP contribution >= 0.6 is 0 Å². The van der Waals surface area contributed by atoms with E-state index >= 15 is 0 Å². The standard InChI is InChI=1S/C18H22N4O/c1-12-20-21-17(22(12)14-9-10-14)11-19-18(23)16-8-4-6-13-5-2-3-7-15(13)16/h2-3,5,7,14,16H,4,6,8-11H2,1H3,(H,19,23). The zero-order chi connectivity index (χ0) is 15.8. The van der Waals surface area contributed by atoms with Gasteiger partial charge in [0.15, 0.2) is 5.82 Å². The van der Waals surface area contributed by atoms with Crippen LogP contribution < -0.4 is 5.32 Å². The summed E-state index contributed by atoms with van der Waals surface area (Å²) in [4.78, 5) is 12.7. The Morgan fingerprint density at radius 2 is 2.09 bits per heavy atom. The second kappa shape index (κ2) is 5.80. The normalized spacial score (nSPS) is 20.1. The van der Waals surface area contributed by atoms with Crippen LogP contribution in [0.15, 0.2) is 24.3 Å². The van der Waals surface area contributed by atoms with Gasteiger partial charge in [0, 0.05) is 6.04 Å². The number of nitrogens with zero attached hydrogens (tertiary/aromatic N) is 3. The van der Waals surface area contributed by atoms with Crippen molar-refractivity contribution in [2.45, 2.75) is 57.5 Å². The Kier molecular flexibility index (Phi) is 3.63. The largest absolute Gasteiger partial charge is 0.348 e. The molecule has 5 heteroatoms. The van der Waals surface area contributed by atoms with Crippen LogP contribution in [0.3, 0.4) is 0 Å². The van der Waals surface area contributed by atoms with E-state index < -0.39 is 0 Å². The molecule has 1 amide bonds. The van der Waals surface area contributed by atoms with E-state index in [9.17, 15) is 4.79 Å². The second-order valence-electron chi connectivity index (χ2n) is 6.63. The Bertz CT molecular complexity index is 732. The first-order valence-corrected chi connectivity index (χ1v) is 8.50. The highest BCUT2D eigenvalue weighted by atomic mass is 16.1. The molecule has 1 aromatic carbocycles. The number of carbonyl (C=O) groups is 1. The van der Waals surface area contributed by atoms with E-state index in [1.165, 1.54) is 24.0 Å². The summed E-state index contributed by atoms with van der Waals surface area (Å²) in [5.74, 6) is 1.90. The van der Waals surface area contributed by atoms with Gasteiger partial charge in [-0.15, -0.1) is 10.2 Å². The number of amides is 1. The van der Waals surface area contributed by atoms with Crippen molar-refractivity contribution in [1.82, 2.24) is 20.1 Å². The zero-order valence-corrected chi connectivity index (χ0v) is 13.5. The molecule has 2 aromatic rings. The molecule has 1 fully saturated rings. The smallest absolute Gasteiger partial charge is 0.227 e. The summed E-state index contributed by atoms with van der Waals surface area (Å²) in [5.41, 5.74) is 2.51. The first-order valence-electron chi connectivity index (χ1n) is 8.50. The number of carbonyl (C=O) groups excluding carboxylic acids is 1. The molecule has 4 rings (SSSR count). The minimum atomic E-state index is -0.0293. The van der Waals surface area contributed by atoms with E-state index in [1.54, 1.807) is 0 Å². The molecule has 120 valence electrons. The molecule has 1 aromatic heterocycles. The zero-order valence-electron chi connectivity index (χ0n) is 13.5. The van der Waals surface area contributed by atoms with Crippen molar-refractivity contribution >= 4 is 5.91 Å². The van der Waals surface area contributed by atoms with E-state index in [0.29, 0.717) is 12.6 Å². The van der Waals surface area contributed by atoms with Gasteiger partial charge in [-0.3, -0.25) is 4.79 Å². The van der Waals surface area contributed by atoms with Crippen LogP contribution in [0.25, 0.3) is 0 Å². The molecule has 0 spiro atoms. The second-order valence-corrected chi connectivity index (χ2v) is 6.63. The van der Waals surface area contributed by atoms with Gasteiger partial charge in [0.2, 0.25) is 5.91 Å². The lowest BCUT2D eigenvalue weighted by Crippen LogP contribution is -2.32. The predicted molar refractivity (Wildman–Crippen MR) is 87.0 cm³/mol. The fraction of sp³-hybridized carbons (Fsp3) is 0.500. The number of fused-ring (bicyclic) bond motifs is 1. The number of benzene rings is 1. The van der Waals surface area contributed by atoms with Crippen LogP contribution in [0.1, 0.15) is 60.4 Å². The summed E-state index contributed by atoms with van der Waals surface area (Å²) in [6.07, 6.45) is 5.46. The molecular formula is C18H22N4O. The van der Waals surface area contributed by atoms with Crippen LogP contribution in [0.5, 0.6) is 0 Å². The number of aryl methyl sites for hydroxylation is 2. The van der Waals surface area contributed by atoms with Crippen LogP contribution in [0, 0.1) is 6.92 Å². The number of hydrogen-bond donors (Lipinski definition) is 1. The average Bonchev–Trinajstić information content (AvgIpc) is 3.35. The summed E-state index contributed by atoms with van der Waals surface area (Å²) < 4.78 is 2.18. The lowest BCUT2D eigenvalue weighted by molar-refractivity contribution is -0.123. The monoisotopic (exact) mass is 310 g/mol. The Hall–Kier alpha value is -2.17. The molecule has 1 saturated carbocycles. The minimum Gasteiger partial charge on any atom is -0.348 e. The van der Waals surface area contributed by atoms with E-state index in [2.05, 4.69) is 38.3 Å². The van der Waals surface area contributed by atoms with Crippen molar-refractivity contribution in [3.05, 3.63) is 47.0 Å². The molecule has 5 nitrogen and oxygen atoms in total. The number of aromatic nitrogens is 3. The summed E-state index contributed by atoms with van der Waals surface area (Å²) in [5, 5.41) is 11.5. The molecule has 0 aliphatic heterocycles. The summed E-state index contributed by atoms with van der Waals surface area (Å²) >= 11 is 0. The lowest BCUT2D eigenvalue weighted by atomic mass is 9.82. The molecule has 1 N–H and O–H groups in total. The van der Waals surface area contributed by atoms with Crippen LogP contribution in [0.4, 0.5) is 0 Å². The van der Waals surface area contributed by atoms with E-state index in [-0.39, 0.29) is 11.8 Å². The van der Waals surface area contributed by atoms with Gasteiger partial charge in [0.05, 0.1) is 12.5 Å². The maximum atomic E-state index is 12.7. The Morgan fingerprint density at radius 3 is 2.91 bits per heavy atom. The average molecular weight is 310 g/mol. The summed E-state index contributed by atoms with van der Waals surface area (Å²) in [7, 11) is 0. The van der Waals surface area contributed by atoms with Gasteiger partial charge in [0.25, 0.3) is 0 Å². The Morgan fingerprint density at radius 1 is 1.26 bits per heavy atom. The van der Waals surface area contributed by atoms with Crippen molar-refractivity contribution in [2.24, 2.45) is 0 Å². The van der Waals surface area contributed by atoms with Gasteiger partial charge < -0.3 is 9.88 Å². The molecule has 1 unspecified atom stereocenters. The van der Waals surface area contributed by atoms with Crippen molar-refractivity contribution in [1.29, 1.82) is 0 Å². The predicted octanol–water partition coefficient (Wildman–Crippen LogP) is 2.66. The molecular weight excluding hydrogens is 288 g/mol. The third-order valence-corrected chi connectivity index (χ3v) is 4.96. The molecule has 1 atom stereocenters. The first kappa shape index (κ1) is 14.4. The van der Waals surface area contributed by atoms with E-state index in [4.69, 9.17) is 0 Å². The highest BCUT2D eigenvalue weighted by Crippen LogP contribution is 2.36. The highest BCUT2D eigenvalue weighted by Gasteiger charge is 2.29. The van der Waals surface area contributed by atoms with E-state index in [0.717, 1.165) is 30.9 Å². The molecule has 2 aliphatic carbocycles. The molecule has 2 aliphatic rings. The molecule has 23 heavy (non-hydrogen) atoms. The molecule has 1 heterocycles. The minimum absolute atomic E-state index is 0.0293. The summed E-state index contributed by atoms with van der Waals surface area (Å²) in [6, 6.07) is 8.85. The quantitative estimate of drug-likeness (QED) is 0.944. The summed E-state index contributed by atoms with van der Waals surface area (Å²) in [6.45, 7) is 2.45. The van der Waals surface area contributed by atoms with Crippen molar-refractivity contribution in [2.75, 3.05) is 0 Å². The fourth-order valence-corrected chi connectivity index (χ4v) is 3.66. The highest BCUT2D eigenvalue weighted by molar-refractivity contribution is 5.84. The molecule has 0 radical (unpaired) electrons. The van der Waals surface area contributed by atoms with Crippen LogP contribution in [0.2, 0.25) is 0 Å². The van der Waals surface area contributed by atoms with Crippen LogP contribution in [-0.2, 0) is 17.8 Å². The van der Waals surface area contributed by atoms with Gasteiger partial charge in [-0.2, -0.15) is 0 Å². The lowest BCUT2D eigenvalue weighted by Gasteiger charge is -2.24. The topological polar surface area (TPSA) is 59.8 Å². The maximum absolute atomic E-state index is 12.7. The first-order chi connectivity index (χ1) is 11.2. The van der Waals surface area contributed by atoms with E-state index in [1.807, 2.05) is 13.0 Å². The third kappa shape index (κ3) is 2.76. The van der Waals surface area contributed by atoms with Gasteiger partial charge in [-0.25, -0.2) is 0 Å². The van der Waals surface area contributed by atoms with Crippen LogP contribution in [-0.4, -0.2) is 20.7 Å². The fourth-order valence-electron chi connectivity index (χ4n) is 3.66. The van der Waals surface area contributed by atoms with Gasteiger partial charge in [-0.1, -0.05) is 24.3 Å². The number of hydrogen-bond acceptors (Lipinski definition) is 3. The maximum Gasteiger partial charge on any atom is 0.227 e. The third-order valence-electron chi connectivity index (χ3n) is 4.96. The number of nitrogens with one attached hydrogen (secondary N) is 1. The van der Waals surface area contributed by atoms with Crippen molar-refractivity contribution < 1.29 is 4.79 Å². The Labute approximate surface area is 136 Å². The SMILES string of the molecule is Cc1nnc(CNC(=O)C2CCCc3ccccc32)n1C1CC1. The number of rotatable bonds is 4. The molecule has 0 saturated heterocycles. The van der Waals surface area contributed by atoms with Crippen molar-refractivity contribution in [3.8, 4) is 0 Å².